The Balaban J connectivity index is 1.91. The monoisotopic (exact) mass is 437 g/mol. The molecule has 7 nitrogen and oxygen atoms in total. The summed E-state index contributed by atoms with van der Waals surface area (Å²) in [6.45, 7) is 8.38. The van der Waals surface area contributed by atoms with Gasteiger partial charge in [-0.25, -0.2) is 12.7 Å². The van der Waals surface area contributed by atoms with Crippen molar-refractivity contribution in [2.75, 3.05) is 40.8 Å². The van der Waals surface area contributed by atoms with Crippen molar-refractivity contribution in [1.29, 1.82) is 0 Å². The highest BCUT2D eigenvalue weighted by Crippen LogP contribution is 2.17. The molecule has 1 aromatic rings. The lowest BCUT2D eigenvalue weighted by Gasteiger charge is -2.34. The van der Waals surface area contributed by atoms with E-state index >= 15 is 0 Å². The zero-order valence-corrected chi connectivity index (χ0v) is 20.0. The lowest BCUT2D eigenvalue weighted by Crippen LogP contribution is -2.49. The van der Waals surface area contributed by atoms with Crippen LogP contribution in [0.2, 0.25) is 0 Å². The van der Waals surface area contributed by atoms with E-state index in [0.717, 1.165) is 18.1 Å². The summed E-state index contributed by atoms with van der Waals surface area (Å²) in [4.78, 5) is 7.28. The topological polar surface area (TPSA) is 77.0 Å². The largest absolute Gasteiger partial charge is 0.355 e. The predicted molar refractivity (Wildman–Crippen MR) is 124 cm³/mol. The quantitative estimate of drug-likeness (QED) is 0.483. The average molecular weight is 438 g/mol. The summed E-state index contributed by atoms with van der Waals surface area (Å²) in [6, 6.07) is 7.46. The highest BCUT2D eigenvalue weighted by Gasteiger charge is 2.23. The van der Waals surface area contributed by atoms with Crippen LogP contribution in [0.4, 0.5) is 0 Å². The first-order chi connectivity index (χ1) is 14.3. The molecule has 1 saturated heterocycles. The third-order valence-corrected chi connectivity index (χ3v) is 7.57. The summed E-state index contributed by atoms with van der Waals surface area (Å²) in [5, 5.41) is 6.82. The number of aliphatic imine (C=N–C) groups is 1. The van der Waals surface area contributed by atoms with E-state index in [1.807, 2.05) is 12.1 Å². The normalized spacial score (nSPS) is 17.8. The van der Waals surface area contributed by atoms with Crippen LogP contribution in [0.5, 0.6) is 0 Å². The minimum Gasteiger partial charge on any atom is -0.355 e. The van der Waals surface area contributed by atoms with E-state index in [1.165, 1.54) is 57.2 Å². The number of nitrogens with one attached hydrogen (secondary N) is 2. The number of hydrogen-bond donors (Lipinski definition) is 2. The minimum atomic E-state index is -3.40. The van der Waals surface area contributed by atoms with Crippen LogP contribution in [0.3, 0.4) is 0 Å². The molecule has 30 heavy (non-hydrogen) atoms. The Morgan fingerprint density at radius 2 is 1.67 bits per heavy atom. The van der Waals surface area contributed by atoms with E-state index in [4.69, 9.17) is 0 Å². The van der Waals surface area contributed by atoms with Crippen LogP contribution >= 0.6 is 0 Å². The zero-order chi connectivity index (χ0) is 22.1. The number of benzene rings is 1. The van der Waals surface area contributed by atoms with Gasteiger partial charge in [0, 0.05) is 40.3 Å². The van der Waals surface area contributed by atoms with Crippen molar-refractivity contribution in [1.82, 2.24) is 19.8 Å². The van der Waals surface area contributed by atoms with Gasteiger partial charge in [-0.15, -0.1) is 0 Å². The molecule has 0 aromatic heterocycles. The van der Waals surface area contributed by atoms with Gasteiger partial charge in [-0.05, 0) is 49.5 Å². The van der Waals surface area contributed by atoms with Crippen LogP contribution in [0.15, 0.2) is 34.2 Å². The third-order valence-electron chi connectivity index (χ3n) is 5.74. The summed E-state index contributed by atoms with van der Waals surface area (Å²) < 4.78 is 25.6. The smallest absolute Gasteiger partial charge is 0.242 e. The maximum atomic E-state index is 12.2. The van der Waals surface area contributed by atoms with Gasteiger partial charge in [0.15, 0.2) is 5.96 Å². The fourth-order valence-electron chi connectivity index (χ4n) is 3.81. The molecule has 1 heterocycles. The van der Waals surface area contributed by atoms with Gasteiger partial charge in [0.05, 0.1) is 4.90 Å². The molecule has 2 N–H and O–H groups in total. The Hall–Kier alpha value is -1.64. The highest BCUT2D eigenvalue weighted by molar-refractivity contribution is 7.89. The maximum absolute atomic E-state index is 12.2. The molecule has 0 spiro atoms. The number of rotatable bonds is 8. The van der Waals surface area contributed by atoms with Gasteiger partial charge in [0.1, 0.15) is 0 Å². The van der Waals surface area contributed by atoms with Gasteiger partial charge >= 0.3 is 0 Å². The van der Waals surface area contributed by atoms with Crippen LogP contribution in [-0.4, -0.2) is 70.4 Å². The molecule has 0 saturated carbocycles. The summed E-state index contributed by atoms with van der Waals surface area (Å²) in [5.74, 6) is 1.33. The maximum Gasteiger partial charge on any atom is 0.242 e. The molecule has 1 aromatic carbocycles. The molecule has 1 aliphatic rings. The molecule has 0 radical (unpaired) electrons. The van der Waals surface area contributed by atoms with Crippen LogP contribution < -0.4 is 10.6 Å². The van der Waals surface area contributed by atoms with Crippen LogP contribution in [-0.2, 0) is 16.6 Å². The summed E-state index contributed by atoms with van der Waals surface area (Å²) in [6.07, 6.45) is 5.25. The zero-order valence-electron chi connectivity index (χ0n) is 19.2. The second kappa shape index (κ2) is 11.7. The fraction of sp³-hybridized carbons (Fsp3) is 0.682. The number of guanidine groups is 1. The van der Waals surface area contributed by atoms with Crippen molar-refractivity contribution in [3.8, 4) is 0 Å². The lowest BCUT2D eigenvalue weighted by molar-refractivity contribution is 0.161. The first-order valence-corrected chi connectivity index (χ1v) is 12.4. The Morgan fingerprint density at radius 1 is 1.07 bits per heavy atom. The van der Waals surface area contributed by atoms with Gasteiger partial charge in [-0.2, -0.15) is 0 Å². The SMILES string of the molecule is CN=C(NCc1ccc(S(=O)(=O)N(C)C)cc1)NCC(C(C)C)N1CCCCCC1. The number of hydrogen-bond acceptors (Lipinski definition) is 4. The number of likely N-dealkylation sites (tertiary alicyclic amines) is 1. The van der Waals surface area contributed by atoms with Crippen molar-refractivity contribution in [2.24, 2.45) is 10.9 Å². The van der Waals surface area contributed by atoms with Crippen molar-refractivity contribution in [3.63, 3.8) is 0 Å². The standard InChI is InChI=1S/C22H39N5O2S/c1-18(2)21(27-14-8-6-7-9-15-27)17-25-22(23-3)24-16-19-10-12-20(13-11-19)30(28,29)26(4)5/h10-13,18,21H,6-9,14-17H2,1-5H3,(H2,23,24,25). The molecule has 0 bridgehead atoms. The highest BCUT2D eigenvalue weighted by atomic mass is 32.2. The molecular formula is C22H39N5O2S. The molecule has 2 rings (SSSR count). The molecule has 0 amide bonds. The van der Waals surface area contributed by atoms with Crippen LogP contribution in [0.25, 0.3) is 0 Å². The summed E-state index contributed by atoms with van der Waals surface area (Å²) in [5.41, 5.74) is 1.00. The molecule has 1 atom stereocenters. The van der Waals surface area contributed by atoms with Crippen molar-refractivity contribution >= 4 is 16.0 Å². The van der Waals surface area contributed by atoms with Gasteiger partial charge in [-0.3, -0.25) is 9.89 Å². The molecule has 0 aliphatic carbocycles. The molecule has 1 fully saturated rings. The van der Waals surface area contributed by atoms with E-state index in [1.54, 1.807) is 19.2 Å². The van der Waals surface area contributed by atoms with Crippen LogP contribution in [0.1, 0.15) is 45.1 Å². The fourth-order valence-corrected chi connectivity index (χ4v) is 4.71. The van der Waals surface area contributed by atoms with E-state index in [0.29, 0.717) is 23.4 Å². The minimum absolute atomic E-state index is 0.302. The van der Waals surface area contributed by atoms with Crippen molar-refractivity contribution < 1.29 is 8.42 Å². The average Bonchev–Trinajstić information content (AvgIpc) is 2.99. The predicted octanol–water partition coefficient (Wildman–Crippen LogP) is 2.50. The van der Waals surface area contributed by atoms with E-state index in [-0.39, 0.29) is 0 Å². The van der Waals surface area contributed by atoms with Gasteiger partial charge in [0.2, 0.25) is 10.0 Å². The number of sulfonamides is 1. The van der Waals surface area contributed by atoms with E-state index < -0.39 is 10.0 Å². The Morgan fingerprint density at radius 3 is 2.17 bits per heavy atom. The van der Waals surface area contributed by atoms with Crippen molar-refractivity contribution in [2.45, 2.75) is 57.0 Å². The lowest BCUT2D eigenvalue weighted by atomic mass is 10.0. The van der Waals surface area contributed by atoms with Gasteiger partial charge < -0.3 is 10.6 Å². The molecule has 1 aliphatic heterocycles. The van der Waals surface area contributed by atoms with E-state index in [2.05, 4.69) is 34.4 Å². The Labute approximate surface area is 183 Å². The summed E-state index contributed by atoms with van der Waals surface area (Å²) in [7, 11) is 1.46. The van der Waals surface area contributed by atoms with E-state index in [9.17, 15) is 8.42 Å². The number of nitrogens with zero attached hydrogens (tertiary/aromatic N) is 3. The first kappa shape index (κ1) is 24.6. The third kappa shape index (κ3) is 6.96. The van der Waals surface area contributed by atoms with Gasteiger partial charge in [-0.1, -0.05) is 38.8 Å². The second-order valence-electron chi connectivity index (χ2n) is 8.50. The molecule has 1 unspecified atom stereocenters. The summed E-state index contributed by atoms with van der Waals surface area (Å²) >= 11 is 0. The van der Waals surface area contributed by atoms with Crippen LogP contribution in [0, 0.1) is 5.92 Å². The van der Waals surface area contributed by atoms with Crippen molar-refractivity contribution in [3.05, 3.63) is 29.8 Å². The Bertz CT molecular complexity index is 767. The second-order valence-corrected chi connectivity index (χ2v) is 10.7. The van der Waals surface area contributed by atoms with Gasteiger partial charge in [0.25, 0.3) is 0 Å². The Kier molecular flexibility index (Phi) is 9.58. The molecule has 170 valence electrons. The molecular weight excluding hydrogens is 398 g/mol. The molecule has 8 heteroatoms. The first-order valence-electron chi connectivity index (χ1n) is 11.0.